The molecule has 1 aliphatic rings. The zero-order chi connectivity index (χ0) is 26.8. The van der Waals surface area contributed by atoms with E-state index in [0.717, 1.165) is 16.3 Å². The number of rotatable bonds is 7. The molecule has 0 aromatic heterocycles. The van der Waals surface area contributed by atoms with E-state index < -0.39 is 17.7 Å². The predicted molar refractivity (Wildman–Crippen MR) is 148 cm³/mol. The van der Waals surface area contributed by atoms with E-state index >= 15 is 0 Å². The number of aliphatic hydroxyl groups excluding tert-OH is 1. The first-order chi connectivity index (χ1) is 18.4. The molecular weight excluding hydrogens is 478 g/mol. The molecule has 1 atom stereocenters. The minimum atomic E-state index is -0.843. The van der Waals surface area contributed by atoms with Gasteiger partial charge in [-0.3, -0.25) is 14.5 Å². The molecule has 1 amide bonds. The number of nitrogens with zero attached hydrogens (tertiary/aromatic N) is 1. The molecule has 0 bridgehead atoms. The van der Waals surface area contributed by atoms with Gasteiger partial charge in [-0.25, -0.2) is 0 Å². The molecule has 5 rings (SSSR count). The lowest BCUT2D eigenvalue weighted by Gasteiger charge is -2.26. The average Bonchev–Trinajstić information content (AvgIpc) is 3.21. The van der Waals surface area contributed by atoms with Crippen LogP contribution in [0.3, 0.4) is 0 Å². The van der Waals surface area contributed by atoms with Crippen molar-refractivity contribution in [3.8, 4) is 11.5 Å². The fourth-order valence-electron chi connectivity index (χ4n) is 4.77. The number of amides is 1. The van der Waals surface area contributed by atoms with E-state index in [9.17, 15) is 14.7 Å². The summed E-state index contributed by atoms with van der Waals surface area (Å²) in [5.41, 5.74) is 1.70. The number of carbonyl (C=O) groups excluding carboxylic acids is 2. The monoisotopic (exact) mass is 507 g/mol. The second kappa shape index (κ2) is 10.4. The molecule has 0 radical (unpaired) electrons. The van der Waals surface area contributed by atoms with Crippen molar-refractivity contribution in [2.24, 2.45) is 5.92 Å². The van der Waals surface area contributed by atoms with Crippen molar-refractivity contribution in [2.45, 2.75) is 19.9 Å². The summed E-state index contributed by atoms with van der Waals surface area (Å²) in [6.45, 7) is 4.70. The van der Waals surface area contributed by atoms with Gasteiger partial charge in [-0.2, -0.15) is 0 Å². The molecule has 1 N–H and O–H groups in total. The number of carbonyl (C=O) groups is 2. The minimum absolute atomic E-state index is 0.0324. The van der Waals surface area contributed by atoms with Crippen LogP contribution in [0.15, 0.2) is 96.6 Å². The number of methoxy groups -OCH3 is 1. The van der Waals surface area contributed by atoms with Gasteiger partial charge >= 0.3 is 0 Å². The van der Waals surface area contributed by atoms with Crippen LogP contribution >= 0.6 is 0 Å². The van der Waals surface area contributed by atoms with Crippen molar-refractivity contribution in [2.75, 3.05) is 18.6 Å². The van der Waals surface area contributed by atoms with Gasteiger partial charge in [0.2, 0.25) is 0 Å². The van der Waals surface area contributed by atoms with E-state index in [-0.39, 0.29) is 11.3 Å². The maximum absolute atomic E-state index is 13.6. The van der Waals surface area contributed by atoms with Crippen LogP contribution in [0, 0.1) is 5.92 Å². The third-order valence-corrected chi connectivity index (χ3v) is 6.60. The molecule has 1 unspecified atom stereocenters. The molecule has 6 nitrogen and oxygen atoms in total. The SMILES string of the molecule is COc1cccc(N2C(=O)C(=O)/C(=C(\O)c3ccc(OCC(C)C)cc3)C2c2cccc3ccccc23)c1. The lowest BCUT2D eigenvalue weighted by Crippen LogP contribution is -2.29. The zero-order valence-corrected chi connectivity index (χ0v) is 21.5. The van der Waals surface area contributed by atoms with Gasteiger partial charge in [-0.15, -0.1) is 0 Å². The molecule has 0 saturated carbocycles. The van der Waals surface area contributed by atoms with Crippen molar-refractivity contribution in [1.82, 2.24) is 0 Å². The van der Waals surface area contributed by atoms with E-state index in [4.69, 9.17) is 9.47 Å². The van der Waals surface area contributed by atoms with Crippen LogP contribution in [0.4, 0.5) is 5.69 Å². The second-order valence-electron chi connectivity index (χ2n) is 9.67. The number of ketones is 1. The van der Waals surface area contributed by atoms with Crippen molar-refractivity contribution in [3.05, 3.63) is 108 Å². The molecule has 1 heterocycles. The Balaban J connectivity index is 1.69. The van der Waals surface area contributed by atoms with E-state index in [1.807, 2.05) is 42.5 Å². The summed E-state index contributed by atoms with van der Waals surface area (Å²) in [5.74, 6) is -0.104. The summed E-state index contributed by atoms with van der Waals surface area (Å²) >= 11 is 0. The Bertz CT molecular complexity index is 1530. The standard InChI is InChI=1S/C32H29NO5/c1-20(2)19-38-24-16-14-22(15-17-24)30(34)28-29(27-13-6-9-21-8-4-5-12-26(21)27)33(32(36)31(28)35)23-10-7-11-25(18-23)37-3/h4-18,20,29,34H,19H2,1-3H3/b30-28-. The maximum Gasteiger partial charge on any atom is 0.300 e. The molecule has 1 saturated heterocycles. The second-order valence-corrected chi connectivity index (χ2v) is 9.67. The number of ether oxygens (including phenoxy) is 2. The molecule has 0 spiro atoms. The van der Waals surface area contributed by atoms with Gasteiger partial charge in [-0.1, -0.05) is 62.4 Å². The fraction of sp³-hybridized carbons (Fsp3) is 0.188. The van der Waals surface area contributed by atoms with E-state index in [2.05, 4.69) is 13.8 Å². The summed E-state index contributed by atoms with van der Waals surface area (Å²) in [5, 5.41) is 13.4. The van der Waals surface area contributed by atoms with Crippen LogP contribution < -0.4 is 14.4 Å². The van der Waals surface area contributed by atoms with Crippen molar-refractivity contribution in [1.29, 1.82) is 0 Å². The van der Waals surface area contributed by atoms with Gasteiger partial charge in [-0.05, 0) is 58.7 Å². The fourth-order valence-corrected chi connectivity index (χ4v) is 4.77. The summed E-state index contributed by atoms with van der Waals surface area (Å²) in [6, 6.07) is 26.6. The first kappa shape index (κ1) is 25.1. The van der Waals surface area contributed by atoms with Gasteiger partial charge in [0, 0.05) is 17.3 Å². The molecule has 6 heteroatoms. The van der Waals surface area contributed by atoms with Gasteiger partial charge in [0.1, 0.15) is 17.3 Å². The molecule has 38 heavy (non-hydrogen) atoms. The van der Waals surface area contributed by atoms with Crippen molar-refractivity contribution >= 4 is 33.9 Å². The Morgan fingerprint density at radius 1 is 0.895 bits per heavy atom. The normalized spacial score (nSPS) is 16.8. The number of fused-ring (bicyclic) bond motifs is 1. The smallest absolute Gasteiger partial charge is 0.300 e. The predicted octanol–water partition coefficient (Wildman–Crippen LogP) is 6.51. The van der Waals surface area contributed by atoms with Gasteiger partial charge < -0.3 is 14.6 Å². The molecule has 192 valence electrons. The Morgan fingerprint density at radius 3 is 2.34 bits per heavy atom. The van der Waals surface area contributed by atoms with Gasteiger partial charge in [0.05, 0.1) is 25.3 Å². The van der Waals surface area contributed by atoms with Crippen molar-refractivity contribution in [3.63, 3.8) is 0 Å². The zero-order valence-electron chi connectivity index (χ0n) is 21.5. The van der Waals surface area contributed by atoms with Gasteiger partial charge in [0.25, 0.3) is 11.7 Å². The largest absolute Gasteiger partial charge is 0.507 e. The van der Waals surface area contributed by atoms with E-state index in [1.165, 1.54) is 4.90 Å². The van der Waals surface area contributed by atoms with Crippen LogP contribution in [0.1, 0.15) is 31.0 Å². The molecule has 4 aromatic carbocycles. The topological polar surface area (TPSA) is 76.1 Å². The highest BCUT2D eigenvalue weighted by Gasteiger charge is 2.47. The lowest BCUT2D eigenvalue weighted by molar-refractivity contribution is -0.132. The quantitative estimate of drug-likeness (QED) is 0.175. The Hall–Kier alpha value is -4.58. The highest BCUT2D eigenvalue weighted by molar-refractivity contribution is 6.52. The summed E-state index contributed by atoms with van der Waals surface area (Å²) in [7, 11) is 1.55. The Labute approximate surface area is 221 Å². The molecule has 1 aliphatic heterocycles. The number of Topliss-reactive ketones (excluding diaryl/α,β-unsaturated/α-hetero) is 1. The Morgan fingerprint density at radius 2 is 1.61 bits per heavy atom. The van der Waals surface area contributed by atoms with Crippen LogP contribution in [0.5, 0.6) is 11.5 Å². The third kappa shape index (κ3) is 4.61. The number of aliphatic hydroxyl groups is 1. The van der Waals surface area contributed by atoms with Crippen LogP contribution in [-0.4, -0.2) is 30.5 Å². The van der Waals surface area contributed by atoms with Crippen LogP contribution in [-0.2, 0) is 9.59 Å². The van der Waals surface area contributed by atoms with Crippen LogP contribution in [0.25, 0.3) is 16.5 Å². The average molecular weight is 508 g/mol. The van der Waals surface area contributed by atoms with E-state index in [1.54, 1.807) is 55.6 Å². The molecule has 0 aliphatic carbocycles. The number of anilines is 1. The van der Waals surface area contributed by atoms with E-state index in [0.29, 0.717) is 35.3 Å². The summed E-state index contributed by atoms with van der Waals surface area (Å²) < 4.78 is 11.1. The lowest BCUT2D eigenvalue weighted by atomic mass is 9.91. The number of benzene rings is 4. The first-order valence-corrected chi connectivity index (χ1v) is 12.5. The minimum Gasteiger partial charge on any atom is -0.507 e. The molecule has 4 aromatic rings. The maximum atomic E-state index is 13.6. The Kier molecular flexibility index (Phi) is 6.88. The third-order valence-electron chi connectivity index (χ3n) is 6.60. The first-order valence-electron chi connectivity index (χ1n) is 12.5. The molecular formula is C32H29NO5. The van der Waals surface area contributed by atoms with Crippen LogP contribution in [0.2, 0.25) is 0 Å². The number of hydrogen-bond acceptors (Lipinski definition) is 5. The molecule has 1 fully saturated rings. The summed E-state index contributed by atoms with van der Waals surface area (Å²) in [6.07, 6.45) is 0. The number of hydrogen-bond donors (Lipinski definition) is 1. The summed E-state index contributed by atoms with van der Waals surface area (Å²) in [4.78, 5) is 28.5. The van der Waals surface area contributed by atoms with Crippen molar-refractivity contribution < 1.29 is 24.2 Å². The highest BCUT2D eigenvalue weighted by atomic mass is 16.5. The van der Waals surface area contributed by atoms with Gasteiger partial charge in [0.15, 0.2) is 0 Å². The highest BCUT2D eigenvalue weighted by Crippen LogP contribution is 2.44.